The summed E-state index contributed by atoms with van der Waals surface area (Å²) in [6.45, 7) is 6.59. The van der Waals surface area contributed by atoms with E-state index in [0.717, 1.165) is 28.1 Å². The predicted octanol–water partition coefficient (Wildman–Crippen LogP) is 5.91. The molecule has 1 N–H and O–H groups in total. The van der Waals surface area contributed by atoms with Crippen LogP contribution in [-0.4, -0.2) is 21.2 Å². The fourth-order valence-corrected chi connectivity index (χ4v) is 5.24. The SMILES string of the molecule is CCCCn1c(SCC(=O)Nc2c(Cl)cccc2Cl)nc2sc(C)c(C)c2c1=O. The van der Waals surface area contributed by atoms with Crippen LogP contribution >= 0.6 is 46.3 Å². The van der Waals surface area contributed by atoms with Crippen molar-refractivity contribution >= 4 is 68.1 Å². The summed E-state index contributed by atoms with van der Waals surface area (Å²) in [5.41, 5.74) is 1.33. The Hall–Kier alpha value is -1.54. The summed E-state index contributed by atoms with van der Waals surface area (Å²) in [4.78, 5) is 32.1. The normalized spacial score (nSPS) is 11.2. The van der Waals surface area contributed by atoms with Crippen LogP contribution in [0.1, 0.15) is 30.2 Å². The average Bonchev–Trinajstić information content (AvgIpc) is 2.96. The van der Waals surface area contributed by atoms with Crippen molar-refractivity contribution in [1.82, 2.24) is 9.55 Å². The number of halogens is 2. The molecule has 1 aromatic carbocycles. The first-order valence-corrected chi connectivity index (χ1v) is 11.8. The van der Waals surface area contributed by atoms with Crippen molar-refractivity contribution in [3.05, 3.63) is 49.0 Å². The second kappa shape index (κ2) is 9.51. The van der Waals surface area contributed by atoms with Gasteiger partial charge in [0.05, 0.1) is 26.9 Å². The highest BCUT2D eigenvalue weighted by Crippen LogP contribution is 2.31. The smallest absolute Gasteiger partial charge is 0.263 e. The van der Waals surface area contributed by atoms with E-state index in [-0.39, 0.29) is 17.2 Å². The van der Waals surface area contributed by atoms with Gasteiger partial charge in [0.1, 0.15) is 4.83 Å². The quantitative estimate of drug-likeness (QED) is 0.344. The first-order chi connectivity index (χ1) is 13.8. The second-order valence-corrected chi connectivity index (χ2v) is 9.56. The van der Waals surface area contributed by atoms with Crippen LogP contribution in [-0.2, 0) is 11.3 Å². The lowest BCUT2D eigenvalue weighted by molar-refractivity contribution is -0.113. The van der Waals surface area contributed by atoms with Gasteiger partial charge in [-0.1, -0.05) is 54.4 Å². The molecule has 9 heteroatoms. The van der Waals surface area contributed by atoms with Gasteiger partial charge in [-0.2, -0.15) is 0 Å². The largest absolute Gasteiger partial charge is 0.323 e. The lowest BCUT2D eigenvalue weighted by Gasteiger charge is -2.12. The van der Waals surface area contributed by atoms with E-state index in [2.05, 4.69) is 12.2 Å². The van der Waals surface area contributed by atoms with Gasteiger partial charge < -0.3 is 5.32 Å². The van der Waals surface area contributed by atoms with Gasteiger partial charge in [0.15, 0.2) is 5.16 Å². The summed E-state index contributed by atoms with van der Waals surface area (Å²) in [6.07, 6.45) is 1.83. The molecule has 0 saturated heterocycles. The molecule has 154 valence electrons. The number of amides is 1. The molecule has 0 unspecified atom stereocenters. The van der Waals surface area contributed by atoms with Crippen LogP contribution in [0.25, 0.3) is 10.2 Å². The number of carbonyl (C=O) groups is 1. The number of nitrogens with zero attached hydrogens (tertiary/aromatic N) is 2. The maximum atomic E-state index is 13.1. The van der Waals surface area contributed by atoms with E-state index in [4.69, 9.17) is 28.2 Å². The number of aryl methyl sites for hydroxylation is 2. The van der Waals surface area contributed by atoms with E-state index in [9.17, 15) is 9.59 Å². The van der Waals surface area contributed by atoms with Crippen molar-refractivity contribution in [2.24, 2.45) is 0 Å². The zero-order valence-corrected chi connectivity index (χ0v) is 19.5. The summed E-state index contributed by atoms with van der Waals surface area (Å²) in [5, 5.41) is 4.72. The predicted molar refractivity (Wildman–Crippen MR) is 124 cm³/mol. The number of hydrogen-bond acceptors (Lipinski definition) is 5. The van der Waals surface area contributed by atoms with Crippen molar-refractivity contribution in [1.29, 1.82) is 0 Å². The van der Waals surface area contributed by atoms with Crippen LogP contribution in [0.2, 0.25) is 10.0 Å². The number of hydrogen-bond donors (Lipinski definition) is 1. The average molecular weight is 470 g/mol. The zero-order chi connectivity index (χ0) is 21.1. The summed E-state index contributed by atoms with van der Waals surface area (Å²) in [6, 6.07) is 5.04. The Kier molecular flexibility index (Phi) is 7.27. The van der Waals surface area contributed by atoms with E-state index in [0.29, 0.717) is 32.8 Å². The van der Waals surface area contributed by atoms with Crippen LogP contribution in [0.4, 0.5) is 5.69 Å². The number of fused-ring (bicyclic) bond motifs is 1. The number of benzene rings is 1. The van der Waals surface area contributed by atoms with Crippen LogP contribution in [0.5, 0.6) is 0 Å². The van der Waals surface area contributed by atoms with Gasteiger partial charge in [-0.3, -0.25) is 14.2 Å². The maximum Gasteiger partial charge on any atom is 0.263 e. The molecule has 5 nitrogen and oxygen atoms in total. The molecule has 29 heavy (non-hydrogen) atoms. The second-order valence-electron chi connectivity index (χ2n) is 6.60. The molecule has 1 amide bonds. The van der Waals surface area contributed by atoms with Crippen molar-refractivity contribution in [3.8, 4) is 0 Å². The first-order valence-electron chi connectivity index (χ1n) is 9.20. The molecule has 0 aliphatic rings. The van der Waals surface area contributed by atoms with Crippen molar-refractivity contribution in [2.75, 3.05) is 11.1 Å². The number of rotatable bonds is 7. The number of unbranched alkanes of at least 4 members (excludes halogenated alkanes) is 1. The van der Waals surface area contributed by atoms with Gasteiger partial charge in [0.2, 0.25) is 5.91 Å². The van der Waals surface area contributed by atoms with Crippen LogP contribution in [0, 0.1) is 13.8 Å². The van der Waals surface area contributed by atoms with Gasteiger partial charge in [0.25, 0.3) is 5.56 Å². The molecule has 0 radical (unpaired) electrons. The third-order valence-corrected chi connectivity index (χ3v) is 7.26. The molecular formula is C20H21Cl2N3O2S2. The number of thioether (sulfide) groups is 1. The lowest BCUT2D eigenvalue weighted by atomic mass is 10.2. The molecule has 0 spiro atoms. The van der Waals surface area contributed by atoms with Crippen LogP contribution in [0.3, 0.4) is 0 Å². The molecular weight excluding hydrogens is 449 g/mol. The topological polar surface area (TPSA) is 64.0 Å². The van der Waals surface area contributed by atoms with E-state index >= 15 is 0 Å². The highest BCUT2D eigenvalue weighted by Gasteiger charge is 2.18. The fourth-order valence-electron chi connectivity index (χ4n) is 2.86. The highest BCUT2D eigenvalue weighted by atomic mass is 35.5. The third kappa shape index (κ3) is 4.79. The zero-order valence-electron chi connectivity index (χ0n) is 16.3. The summed E-state index contributed by atoms with van der Waals surface area (Å²) in [5.74, 6) is -0.172. The van der Waals surface area contributed by atoms with Gasteiger partial charge in [-0.15, -0.1) is 11.3 Å². The molecule has 3 rings (SSSR count). The summed E-state index contributed by atoms with van der Waals surface area (Å²) in [7, 11) is 0. The maximum absolute atomic E-state index is 13.1. The number of para-hydroxylation sites is 1. The van der Waals surface area contributed by atoms with E-state index < -0.39 is 0 Å². The molecule has 0 atom stereocenters. The Morgan fingerprint density at radius 1 is 1.28 bits per heavy atom. The number of thiophene rings is 1. The minimum atomic E-state index is -0.264. The molecule has 0 fully saturated rings. The minimum Gasteiger partial charge on any atom is -0.323 e. The Labute approximate surface area is 187 Å². The van der Waals surface area contributed by atoms with Gasteiger partial charge in [0, 0.05) is 11.4 Å². The van der Waals surface area contributed by atoms with E-state index in [1.807, 2.05) is 13.8 Å². The van der Waals surface area contributed by atoms with Crippen LogP contribution in [0.15, 0.2) is 28.2 Å². The van der Waals surface area contributed by atoms with Gasteiger partial charge in [-0.05, 0) is 38.0 Å². The van der Waals surface area contributed by atoms with Gasteiger partial charge >= 0.3 is 0 Å². The Morgan fingerprint density at radius 3 is 2.62 bits per heavy atom. The Bertz CT molecular complexity index is 1100. The molecule has 2 heterocycles. The Morgan fingerprint density at radius 2 is 1.97 bits per heavy atom. The number of anilines is 1. The number of nitrogens with one attached hydrogen (secondary N) is 1. The fraction of sp³-hybridized carbons (Fsp3) is 0.350. The number of carbonyl (C=O) groups excluding carboxylic acids is 1. The molecule has 2 aromatic heterocycles. The Balaban J connectivity index is 1.87. The van der Waals surface area contributed by atoms with Crippen molar-refractivity contribution < 1.29 is 4.79 Å². The standard InChI is InChI=1S/C20H21Cl2N3O2S2/c1-4-5-9-25-19(27)16-11(2)12(3)29-18(16)24-20(25)28-10-15(26)23-17-13(21)7-6-8-14(17)22/h6-8H,4-5,9-10H2,1-3H3,(H,23,26). The first kappa shape index (κ1) is 22.2. The lowest BCUT2D eigenvalue weighted by Crippen LogP contribution is -2.24. The number of aromatic nitrogens is 2. The molecule has 0 saturated carbocycles. The van der Waals surface area contributed by atoms with Crippen LogP contribution < -0.4 is 10.9 Å². The summed E-state index contributed by atoms with van der Waals surface area (Å²) >= 11 is 15.0. The molecule has 3 aromatic rings. The monoisotopic (exact) mass is 469 g/mol. The van der Waals surface area contributed by atoms with Crippen molar-refractivity contribution in [2.45, 2.75) is 45.3 Å². The van der Waals surface area contributed by atoms with E-state index in [1.165, 1.54) is 23.1 Å². The van der Waals surface area contributed by atoms with Gasteiger partial charge in [-0.25, -0.2) is 4.98 Å². The highest BCUT2D eigenvalue weighted by molar-refractivity contribution is 7.99. The molecule has 0 aliphatic carbocycles. The molecule has 0 bridgehead atoms. The molecule has 0 aliphatic heterocycles. The summed E-state index contributed by atoms with van der Waals surface area (Å²) < 4.78 is 1.69. The van der Waals surface area contributed by atoms with Crippen molar-refractivity contribution in [3.63, 3.8) is 0 Å². The third-order valence-electron chi connectivity index (χ3n) is 4.55. The minimum absolute atomic E-state index is 0.0395. The van der Waals surface area contributed by atoms with E-state index in [1.54, 1.807) is 22.8 Å².